The summed E-state index contributed by atoms with van der Waals surface area (Å²) < 4.78 is 5.63. The summed E-state index contributed by atoms with van der Waals surface area (Å²) in [4.78, 5) is 4.08. The van der Waals surface area contributed by atoms with Gasteiger partial charge in [-0.05, 0) is 11.5 Å². The van der Waals surface area contributed by atoms with Gasteiger partial charge < -0.3 is 0 Å². The molecule has 0 bridgehead atoms. The van der Waals surface area contributed by atoms with E-state index in [1.165, 1.54) is 11.5 Å². The first-order chi connectivity index (χ1) is 5.36. The van der Waals surface area contributed by atoms with Gasteiger partial charge in [-0.1, -0.05) is 0 Å². The summed E-state index contributed by atoms with van der Waals surface area (Å²) >= 11 is 1.40. The maximum atomic E-state index is 4.13. The highest BCUT2D eigenvalue weighted by Crippen LogP contribution is 2.13. The van der Waals surface area contributed by atoms with E-state index in [9.17, 15) is 0 Å². The largest absolute Gasteiger partial charge is 0.255 e. The zero-order valence-corrected chi connectivity index (χ0v) is 6.75. The SMILES string of the molecule is Cn1cnc(-c2cnsc2)n1. The first-order valence-corrected chi connectivity index (χ1v) is 3.95. The lowest BCUT2D eigenvalue weighted by Crippen LogP contribution is -1.86. The molecule has 0 unspecified atom stereocenters. The molecule has 4 nitrogen and oxygen atoms in total. The Morgan fingerprint density at radius 1 is 1.55 bits per heavy atom. The number of aryl methyl sites for hydroxylation is 1. The van der Waals surface area contributed by atoms with Gasteiger partial charge in [-0.2, -0.15) is 5.10 Å². The Hall–Kier alpha value is -1.23. The van der Waals surface area contributed by atoms with Crippen LogP contribution in [0.5, 0.6) is 0 Å². The van der Waals surface area contributed by atoms with Crippen molar-refractivity contribution in [2.45, 2.75) is 0 Å². The molecular formula is C6H6N4S. The van der Waals surface area contributed by atoms with E-state index in [-0.39, 0.29) is 0 Å². The molecule has 2 aromatic heterocycles. The molecule has 0 aromatic carbocycles. The topological polar surface area (TPSA) is 43.6 Å². The van der Waals surface area contributed by atoms with Crippen LogP contribution in [0.15, 0.2) is 17.9 Å². The highest BCUT2D eigenvalue weighted by atomic mass is 32.1. The van der Waals surface area contributed by atoms with Crippen LogP contribution in [-0.2, 0) is 7.05 Å². The molecule has 2 aromatic rings. The van der Waals surface area contributed by atoms with E-state index in [1.807, 2.05) is 12.4 Å². The van der Waals surface area contributed by atoms with E-state index in [1.54, 1.807) is 17.2 Å². The van der Waals surface area contributed by atoms with Crippen LogP contribution in [0.4, 0.5) is 0 Å². The second kappa shape index (κ2) is 2.43. The van der Waals surface area contributed by atoms with Crippen molar-refractivity contribution in [1.82, 2.24) is 19.1 Å². The van der Waals surface area contributed by atoms with Gasteiger partial charge in [-0.15, -0.1) is 0 Å². The summed E-state index contributed by atoms with van der Waals surface area (Å²) in [5.74, 6) is 0.737. The van der Waals surface area contributed by atoms with Crippen molar-refractivity contribution in [3.8, 4) is 11.4 Å². The van der Waals surface area contributed by atoms with Crippen LogP contribution in [0.25, 0.3) is 11.4 Å². The Balaban J connectivity index is 2.45. The number of hydrogen-bond acceptors (Lipinski definition) is 4. The third-order valence-electron chi connectivity index (χ3n) is 1.29. The first-order valence-electron chi connectivity index (χ1n) is 3.11. The second-order valence-electron chi connectivity index (χ2n) is 2.15. The molecule has 0 saturated carbocycles. The average Bonchev–Trinajstić information content (AvgIpc) is 2.55. The van der Waals surface area contributed by atoms with E-state index in [0.29, 0.717) is 0 Å². The summed E-state index contributed by atoms with van der Waals surface area (Å²) in [6.07, 6.45) is 3.44. The van der Waals surface area contributed by atoms with Gasteiger partial charge in [-0.3, -0.25) is 4.68 Å². The molecule has 11 heavy (non-hydrogen) atoms. The van der Waals surface area contributed by atoms with Gasteiger partial charge in [0, 0.05) is 12.4 Å². The molecule has 0 aliphatic carbocycles. The van der Waals surface area contributed by atoms with Crippen molar-refractivity contribution in [3.63, 3.8) is 0 Å². The third-order valence-corrected chi connectivity index (χ3v) is 1.88. The van der Waals surface area contributed by atoms with Crippen molar-refractivity contribution in [3.05, 3.63) is 17.9 Å². The van der Waals surface area contributed by atoms with Crippen molar-refractivity contribution in [2.75, 3.05) is 0 Å². The fourth-order valence-electron chi connectivity index (χ4n) is 0.787. The van der Waals surface area contributed by atoms with Crippen LogP contribution < -0.4 is 0 Å². The fourth-order valence-corrected chi connectivity index (χ4v) is 1.30. The van der Waals surface area contributed by atoms with Crippen LogP contribution in [0.2, 0.25) is 0 Å². The summed E-state index contributed by atoms with van der Waals surface area (Å²) in [5, 5.41) is 6.05. The monoisotopic (exact) mass is 166 g/mol. The van der Waals surface area contributed by atoms with E-state index in [4.69, 9.17) is 0 Å². The summed E-state index contributed by atoms with van der Waals surface area (Å²) in [7, 11) is 1.84. The summed E-state index contributed by atoms with van der Waals surface area (Å²) in [6.45, 7) is 0. The van der Waals surface area contributed by atoms with E-state index in [2.05, 4.69) is 14.5 Å². The molecule has 0 N–H and O–H groups in total. The summed E-state index contributed by atoms with van der Waals surface area (Å²) in [6, 6.07) is 0. The zero-order valence-electron chi connectivity index (χ0n) is 5.93. The van der Waals surface area contributed by atoms with Crippen LogP contribution in [0.1, 0.15) is 0 Å². The molecule has 0 aliphatic heterocycles. The Bertz CT molecular complexity index is 337. The van der Waals surface area contributed by atoms with Crippen LogP contribution in [0, 0.1) is 0 Å². The van der Waals surface area contributed by atoms with Gasteiger partial charge in [-0.25, -0.2) is 9.36 Å². The Labute approximate surface area is 67.7 Å². The minimum absolute atomic E-state index is 0.737. The van der Waals surface area contributed by atoms with Gasteiger partial charge in [0.05, 0.1) is 11.8 Å². The average molecular weight is 166 g/mol. The Morgan fingerprint density at radius 2 is 2.45 bits per heavy atom. The molecule has 2 rings (SSSR count). The van der Waals surface area contributed by atoms with Gasteiger partial charge in [0.2, 0.25) is 0 Å². The first kappa shape index (κ1) is 6.48. The molecule has 0 radical (unpaired) electrons. The van der Waals surface area contributed by atoms with Crippen molar-refractivity contribution >= 4 is 11.5 Å². The van der Waals surface area contributed by atoms with Crippen LogP contribution in [0.3, 0.4) is 0 Å². The van der Waals surface area contributed by atoms with Crippen LogP contribution >= 0.6 is 11.5 Å². The van der Waals surface area contributed by atoms with Crippen molar-refractivity contribution in [1.29, 1.82) is 0 Å². The maximum Gasteiger partial charge on any atom is 0.183 e. The molecule has 2 heterocycles. The van der Waals surface area contributed by atoms with Crippen LogP contribution in [-0.4, -0.2) is 19.1 Å². The molecule has 0 amide bonds. The number of nitrogens with zero attached hydrogens (tertiary/aromatic N) is 4. The lowest BCUT2D eigenvalue weighted by molar-refractivity contribution is 0.768. The normalized spacial score (nSPS) is 10.3. The van der Waals surface area contributed by atoms with E-state index >= 15 is 0 Å². The minimum atomic E-state index is 0.737. The van der Waals surface area contributed by atoms with Gasteiger partial charge >= 0.3 is 0 Å². The Morgan fingerprint density at radius 3 is 3.00 bits per heavy atom. The molecule has 5 heteroatoms. The maximum absolute atomic E-state index is 4.13. The highest BCUT2D eigenvalue weighted by molar-refractivity contribution is 7.03. The Kier molecular flexibility index (Phi) is 1.43. The molecule has 0 fully saturated rings. The number of rotatable bonds is 1. The molecular weight excluding hydrogens is 160 g/mol. The molecule has 0 atom stereocenters. The lowest BCUT2D eigenvalue weighted by atomic mass is 10.4. The predicted octanol–water partition coefficient (Wildman–Crippen LogP) is 0.939. The molecule has 0 spiro atoms. The minimum Gasteiger partial charge on any atom is -0.255 e. The molecule has 0 saturated heterocycles. The van der Waals surface area contributed by atoms with E-state index < -0.39 is 0 Å². The highest BCUT2D eigenvalue weighted by Gasteiger charge is 2.02. The smallest absolute Gasteiger partial charge is 0.183 e. The fraction of sp³-hybridized carbons (Fsp3) is 0.167. The van der Waals surface area contributed by atoms with E-state index in [0.717, 1.165) is 11.4 Å². The van der Waals surface area contributed by atoms with Gasteiger partial charge in [0.1, 0.15) is 6.33 Å². The zero-order chi connectivity index (χ0) is 7.68. The van der Waals surface area contributed by atoms with Gasteiger partial charge in [0.15, 0.2) is 5.82 Å². The molecule has 56 valence electrons. The second-order valence-corrected chi connectivity index (χ2v) is 2.81. The number of aromatic nitrogens is 4. The lowest BCUT2D eigenvalue weighted by Gasteiger charge is -1.83. The van der Waals surface area contributed by atoms with Crippen molar-refractivity contribution < 1.29 is 0 Å². The third kappa shape index (κ3) is 1.14. The quantitative estimate of drug-likeness (QED) is 0.633. The van der Waals surface area contributed by atoms with Gasteiger partial charge in [0.25, 0.3) is 0 Å². The summed E-state index contributed by atoms with van der Waals surface area (Å²) in [5.41, 5.74) is 0.982. The molecule has 0 aliphatic rings. The van der Waals surface area contributed by atoms with Crippen molar-refractivity contribution in [2.24, 2.45) is 7.05 Å². The standard InChI is InChI=1S/C6H6N4S/c1-10-4-7-6(9-10)5-2-8-11-3-5/h2-4H,1H3. The number of hydrogen-bond donors (Lipinski definition) is 0. The predicted molar refractivity (Wildman–Crippen MR) is 42.1 cm³/mol.